The number of carboxylic acid groups (broad SMARTS) is 1. The summed E-state index contributed by atoms with van der Waals surface area (Å²) in [6.07, 6.45) is 0.535. The maximum Gasteiger partial charge on any atom is 0.303 e. The van der Waals surface area contributed by atoms with Crippen LogP contribution < -0.4 is 4.74 Å². The molecule has 26 heavy (non-hydrogen) atoms. The molecule has 5 heteroatoms. The number of para-hydroxylation sites is 2. The quantitative estimate of drug-likeness (QED) is 0.569. The predicted octanol–water partition coefficient (Wildman–Crippen LogP) is 5.32. The average molecular weight is 414 g/mol. The van der Waals surface area contributed by atoms with Crippen LogP contribution in [0.2, 0.25) is 0 Å². The third-order valence-electron chi connectivity index (χ3n) is 4.10. The lowest BCUT2D eigenvalue weighted by Crippen LogP contribution is -2.07. The molecular weight excluding hydrogens is 394 g/mol. The predicted molar refractivity (Wildman–Crippen MR) is 106 cm³/mol. The third-order valence-corrected chi connectivity index (χ3v) is 4.63. The molecule has 134 valence electrons. The summed E-state index contributed by atoms with van der Waals surface area (Å²) in [5, 5.41) is 9.09. The van der Waals surface area contributed by atoms with Crippen LogP contribution in [0.4, 0.5) is 0 Å². The Bertz CT molecular complexity index is 900. The molecule has 0 fully saturated rings. The van der Waals surface area contributed by atoms with Crippen LogP contribution in [0.1, 0.15) is 19.0 Å². The van der Waals surface area contributed by atoms with Crippen LogP contribution >= 0.6 is 15.9 Å². The van der Waals surface area contributed by atoms with Crippen LogP contribution in [0.5, 0.6) is 5.75 Å². The molecule has 1 heterocycles. The number of halogens is 1. The number of aliphatic carboxylic acids is 1. The molecule has 0 unspecified atom stereocenters. The highest BCUT2D eigenvalue weighted by molar-refractivity contribution is 9.10. The van der Waals surface area contributed by atoms with Crippen LogP contribution in [0.3, 0.4) is 0 Å². The number of nitrogens with zero attached hydrogens (tertiary/aromatic N) is 1. The summed E-state index contributed by atoms with van der Waals surface area (Å²) >= 11 is 3.47. The standard InChI is InChI=1S/C21H20BrNO3/c1-2-26-20-6-4-3-5-19(20)23-17(12-14-21(24)25)11-13-18(23)15-7-9-16(22)10-8-15/h3-11,13H,2,12,14H2,1H3,(H,24,25). The van der Waals surface area contributed by atoms with Crippen molar-refractivity contribution in [2.75, 3.05) is 6.61 Å². The largest absolute Gasteiger partial charge is 0.492 e. The zero-order valence-corrected chi connectivity index (χ0v) is 16.1. The van der Waals surface area contributed by atoms with E-state index in [2.05, 4.69) is 20.5 Å². The topological polar surface area (TPSA) is 51.5 Å². The SMILES string of the molecule is CCOc1ccccc1-n1c(CCC(=O)O)ccc1-c1ccc(Br)cc1. The highest BCUT2D eigenvalue weighted by atomic mass is 79.9. The number of carboxylic acids is 1. The number of hydrogen-bond donors (Lipinski definition) is 1. The van der Waals surface area contributed by atoms with Gasteiger partial charge in [-0.1, -0.05) is 40.2 Å². The molecule has 0 radical (unpaired) electrons. The molecule has 4 nitrogen and oxygen atoms in total. The number of rotatable bonds is 7. The summed E-state index contributed by atoms with van der Waals surface area (Å²) in [5.41, 5.74) is 3.92. The van der Waals surface area contributed by atoms with E-state index in [1.165, 1.54) is 0 Å². The second-order valence-electron chi connectivity index (χ2n) is 5.85. The van der Waals surface area contributed by atoms with Gasteiger partial charge in [0.15, 0.2) is 0 Å². The van der Waals surface area contributed by atoms with Gasteiger partial charge in [0, 0.05) is 10.2 Å². The highest BCUT2D eigenvalue weighted by Gasteiger charge is 2.16. The molecule has 0 aliphatic carbocycles. The molecule has 1 N–H and O–H groups in total. The van der Waals surface area contributed by atoms with Gasteiger partial charge >= 0.3 is 5.97 Å². The van der Waals surface area contributed by atoms with Crippen LogP contribution in [-0.4, -0.2) is 22.2 Å². The highest BCUT2D eigenvalue weighted by Crippen LogP contribution is 2.32. The maximum atomic E-state index is 11.1. The number of hydrogen-bond acceptors (Lipinski definition) is 2. The van der Waals surface area contributed by atoms with E-state index >= 15 is 0 Å². The van der Waals surface area contributed by atoms with Crippen molar-refractivity contribution in [1.82, 2.24) is 4.57 Å². The summed E-state index contributed by atoms with van der Waals surface area (Å²) in [5.74, 6) is -0.0258. The summed E-state index contributed by atoms with van der Waals surface area (Å²) in [7, 11) is 0. The van der Waals surface area contributed by atoms with Crippen LogP contribution in [0, 0.1) is 0 Å². The minimum absolute atomic E-state index is 0.0839. The van der Waals surface area contributed by atoms with E-state index in [9.17, 15) is 4.79 Å². The lowest BCUT2D eigenvalue weighted by Gasteiger charge is -2.17. The zero-order chi connectivity index (χ0) is 18.5. The maximum absolute atomic E-state index is 11.1. The Morgan fingerprint density at radius 3 is 2.50 bits per heavy atom. The van der Waals surface area contributed by atoms with Gasteiger partial charge in [-0.05, 0) is 55.3 Å². The van der Waals surface area contributed by atoms with Gasteiger partial charge in [0.1, 0.15) is 5.75 Å². The Kier molecular flexibility index (Phi) is 5.78. The summed E-state index contributed by atoms with van der Waals surface area (Å²) in [6, 6.07) is 19.9. The second-order valence-corrected chi connectivity index (χ2v) is 6.76. The van der Waals surface area contributed by atoms with Gasteiger partial charge in [-0.25, -0.2) is 0 Å². The number of aryl methyl sites for hydroxylation is 1. The Morgan fingerprint density at radius 1 is 1.08 bits per heavy atom. The molecule has 0 saturated heterocycles. The molecule has 0 aliphatic rings. The lowest BCUT2D eigenvalue weighted by atomic mass is 10.1. The van der Waals surface area contributed by atoms with Crippen molar-refractivity contribution in [2.24, 2.45) is 0 Å². The average Bonchev–Trinajstić information content (AvgIpc) is 3.05. The van der Waals surface area contributed by atoms with Crippen molar-refractivity contribution in [2.45, 2.75) is 19.8 Å². The van der Waals surface area contributed by atoms with Crippen molar-refractivity contribution in [1.29, 1.82) is 0 Å². The van der Waals surface area contributed by atoms with E-state index in [0.717, 1.165) is 32.9 Å². The summed E-state index contributed by atoms with van der Waals surface area (Å²) in [6.45, 7) is 2.52. The van der Waals surface area contributed by atoms with E-state index in [4.69, 9.17) is 9.84 Å². The minimum Gasteiger partial charge on any atom is -0.492 e. The number of ether oxygens (including phenoxy) is 1. The molecule has 2 aromatic carbocycles. The number of benzene rings is 2. The fourth-order valence-electron chi connectivity index (χ4n) is 2.96. The molecule has 0 atom stereocenters. The van der Waals surface area contributed by atoms with Gasteiger partial charge in [0.2, 0.25) is 0 Å². The zero-order valence-electron chi connectivity index (χ0n) is 14.5. The molecule has 1 aromatic heterocycles. The van der Waals surface area contributed by atoms with Gasteiger partial charge in [0.25, 0.3) is 0 Å². The van der Waals surface area contributed by atoms with Crippen LogP contribution in [-0.2, 0) is 11.2 Å². The van der Waals surface area contributed by atoms with Gasteiger partial charge < -0.3 is 14.4 Å². The van der Waals surface area contributed by atoms with Gasteiger partial charge in [-0.15, -0.1) is 0 Å². The number of aromatic nitrogens is 1. The van der Waals surface area contributed by atoms with E-state index in [1.807, 2.05) is 67.6 Å². The smallest absolute Gasteiger partial charge is 0.303 e. The molecule has 0 amide bonds. The molecule has 0 aliphatic heterocycles. The van der Waals surface area contributed by atoms with E-state index in [-0.39, 0.29) is 6.42 Å². The van der Waals surface area contributed by atoms with Crippen molar-refractivity contribution in [3.63, 3.8) is 0 Å². The molecule has 3 aromatic rings. The van der Waals surface area contributed by atoms with Crippen LogP contribution in [0.25, 0.3) is 16.9 Å². The Morgan fingerprint density at radius 2 is 1.81 bits per heavy atom. The van der Waals surface area contributed by atoms with E-state index in [1.54, 1.807) is 0 Å². The second kappa shape index (κ2) is 8.23. The first-order chi connectivity index (χ1) is 12.6. The van der Waals surface area contributed by atoms with Gasteiger partial charge in [-0.3, -0.25) is 4.79 Å². The molecule has 0 spiro atoms. The summed E-state index contributed by atoms with van der Waals surface area (Å²) < 4.78 is 8.92. The normalized spacial score (nSPS) is 10.7. The molecule has 3 rings (SSSR count). The third kappa shape index (κ3) is 3.99. The molecule has 0 saturated carbocycles. The van der Waals surface area contributed by atoms with Gasteiger partial charge in [0.05, 0.1) is 24.4 Å². The van der Waals surface area contributed by atoms with E-state index < -0.39 is 5.97 Å². The number of carbonyl (C=O) groups is 1. The summed E-state index contributed by atoms with van der Waals surface area (Å²) in [4.78, 5) is 11.1. The van der Waals surface area contributed by atoms with Gasteiger partial charge in [-0.2, -0.15) is 0 Å². The Hall–Kier alpha value is -2.53. The van der Waals surface area contributed by atoms with Crippen molar-refractivity contribution < 1.29 is 14.6 Å². The minimum atomic E-state index is -0.805. The Balaban J connectivity index is 2.15. The Labute approximate surface area is 161 Å². The fraction of sp³-hybridized carbons (Fsp3) is 0.190. The van der Waals surface area contributed by atoms with Crippen LogP contribution in [0.15, 0.2) is 65.1 Å². The fourth-order valence-corrected chi connectivity index (χ4v) is 3.22. The molecular formula is C21H20BrNO3. The first kappa shape index (κ1) is 18.3. The first-order valence-electron chi connectivity index (χ1n) is 8.50. The van der Waals surface area contributed by atoms with Crippen molar-refractivity contribution in [3.8, 4) is 22.7 Å². The monoisotopic (exact) mass is 413 g/mol. The molecule has 0 bridgehead atoms. The van der Waals surface area contributed by atoms with Crippen molar-refractivity contribution in [3.05, 3.63) is 70.8 Å². The first-order valence-corrected chi connectivity index (χ1v) is 9.30. The van der Waals surface area contributed by atoms with E-state index in [0.29, 0.717) is 13.0 Å². The van der Waals surface area contributed by atoms with Crippen molar-refractivity contribution >= 4 is 21.9 Å². The lowest BCUT2D eigenvalue weighted by molar-refractivity contribution is -0.136.